The van der Waals surface area contributed by atoms with Crippen molar-refractivity contribution >= 4 is 15.9 Å². The number of fused-ring (bicyclic) bond motifs is 2. The van der Waals surface area contributed by atoms with Gasteiger partial charge in [-0.3, -0.25) is 4.79 Å². The van der Waals surface area contributed by atoms with Gasteiger partial charge in [0.2, 0.25) is 10.0 Å². The number of carbonyl (C=O) groups is 1. The molecule has 1 aromatic rings. The summed E-state index contributed by atoms with van der Waals surface area (Å²) < 4.78 is 35.0. The second-order valence-corrected chi connectivity index (χ2v) is 10.5. The number of carbonyl (C=O) groups excluding carboxylic acids is 1. The molecule has 10 heteroatoms. The Hall–Kier alpha value is -1.49. The first kappa shape index (κ1) is 19.8. The predicted octanol–water partition coefficient (Wildman–Crippen LogP) is -0.257. The molecule has 1 N–H and O–H groups in total. The highest BCUT2D eigenvalue weighted by molar-refractivity contribution is 7.90. The Morgan fingerprint density at radius 2 is 2.07 bits per heavy atom. The van der Waals surface area contributed by atoms with E-state index in [1.54, 1.807) is 10.5 Å². The van der Waals surface area contributed by atoms with E-state index < -0.39 is 21.7 Å². The van der Waals surface area contributed by atoms with E-state index in [0.29, 0.717) is 39.0 Å². The Bertz CT molecular complexity index is 825. The molecule has 4 rings (SSSR count). The monoisotopic (exact) mass is 411 g/mol. The van der Waals surface area contributed by atoms with Gasteiger partial charge in [0.25, 0.3) is 5.91 Å². The lowest BCUT2D eigenvalue weighted by Gasteiger charge is -2.45. The van der Waals surface area contributed by atoms with Gasteiger partial charge in [0.1, 0.15) is 11.4 Å². The third kappa shape index (κ3) is 3.70. The zero-order chi connectivity index (χ0) is 19.9. The second kappa shape index (κ2) is 7.40. The van der Waals surface area contributed by atoms with Gasteiger partial charge in [-0.2, -0.15) is 0 Å². The van der Waals surface area contributed by atoms with Gasteiger partial charge in [0.15, 0.2) is 6.10 Å². The van der Waals surface area contributed by atoms with E-state index in [1.807, 2.05) is 29.8 Å². The number of nitrogens with zero attached hydrogens (tertiary/aromatic N) is 4. The maximum absolute atomic E-state index is 12.7. The van der Waals surface area contributed by atoms with Crippen molar-refractivity contribution in [2.75, 3.05) is 40.3 Å². The van der Waals surface area contributed by atoms with E-state index in [9.17, 15) is 13.2 Å². The summed E-state index contributed by atoms with van der Waals surface area (Å²) in [7, 11) is 0.724. The first-order valence-electron chi connectivity index (χ1n) is 9.93. The normalized spacial score (nSPS) is 25.0. The van der Waals surface area contributed by atoms with Crippen molar-refractivity contribution in [3.8, 4) is 0 Å². The number of hydrogen-bond donors (Lipinski definition) is 1. The van der Waals surface area contributed by atoms with Crippen molar-refractivity contribution < 1.29 is 17.9 Å². The van der Waals surface area contributed by atoms with Gasteiger partial charge in [-0.25, -0.2) is 17.7 Å². The molecule has 1 saturated heterocycles. The molecule has 1 amide bonds. The molecule has 0 radical (unpaired) electrons. The average molecular weight is 412 g/mol. The van der Waals surface area contributed by atoms with Crippen LogP contribution in [0.5, 0.6) is 0 Å². The van der Waals surface area contributed by atoms with Gasteiger partial charge < -0.3 is 19.5 Å². The lowest BCUT2D eigenvalue weighted by Crippen LogP contribution is -2.55. The molecule has 1 aromatic heterocycles. The number of likely N-dealkylation sites (N-methyl/N-ethyl adjacent to an activating group) is 1. The van der Waals surface area contributed by atoms with Crippen molar-refractivity contribution in [2.45, 2.75) is 49.2 Å². The predicted molar refractivity (Wildman–Crippen MR) is 103 cm³/mol. The molecule has 9 nitrogen and oxygen atoms in total. The Balaban J connectivity index is 1.47. The third-order valence-corrected chi connectivity index (χ3v) is 8.24. The fraction of sp³-hybridized carbons (Fsp3) is 0.778. The molecule has 1 spiro atoms. The van der Waals surface area contributed by atoms with Crippen LogP contribution in [0.25, 0.3) is 0 Å². The lowest BCUT2D eigenvalue weighted by atomic mass is 9.89. The Kier molecular flexibility index (Phi) is 5.24. The fourth-order valence-corrected chi connectivity index (χ4v) is 5.91. The molecule has 1 unspecified atom stereocenters. The van der Waals surface area contributed by atoms with Crippen molar-refractivity contribution in [3.63, 3.8) is 0 Å². The van der Waals surface area contributed by atoms with Gasteiger partial charge >= 0.3 is 0 Å². The summed E-state index contributed by atoms with van der Waals surface area (Å²) >= 11 is 0. The van der Waals surface area contributed by atoms with Crippen LogP contribution in [0.15, 0.2) is 12.4 Å². The number of piperidine rings is 1. The minimum absolute atomic E-state index is 0.131. The van der Waals surface area contributed by atoms with Gasteiger partial charge in [-0.15, -0.1) is 0 Å². The Labute approximate surface area is 166 Å². The highest BCUT2D eigenvalue weighted by atomic mass is 32.2. The molecule has 3 heterocycles. The third-order valence-electron chi connectivity index (χ3n) is 5.84. The molecule has 3 aliphatic rings. The van der Waals surface area contributed by atoms with Crippen molar-refractivity contribution in [1.29, 1.82) is 0 Å². The SMILES string of the molecule is CN(C)CCNC(=O)C1Cn2ccnc2C2(CCN(S(=O)(=O)C3CC3)CC2)O1. The number of rotatable bonds is 6. The molecule has 1 saturated carbocycles. The summed E-state index contributed by atoms with van der Waals surface area (Å²) in [4.78, 5) is 19.2. The summed E-state index contributed by atoms with van der Waals surface area (Å²) in [6, 6.07) is 0. The highest BCUT2D eigenvalue weighted by Crippen LogP contribution is 2.42. The summed E-state index contributed by atoms with van der Waals surface area (Å²) in [6.45, 7) is 2.55. The van der Waals surface area contributed by atoms with Crippen LogP contribution in [0.1, 0.15) is 31.5 Å². The maximum atomic E-state index is 12.7. The summed E-state index contributed by atoms with van der Waals surface area (Å²) in [5, 5.41) is 2.74. The quantitative estimate of drug-likeness (QED) is 0.693. The van der Waals surface area contributed by atoms with E-state index in [1.165, 1.54) is 0 Å². The first-order valence-corrected chi connectivity index (χ1v) is 11.4. The van der Waals surface area contributed by atoms with Crippen LogP contribution in [0.3, 0.4) is 0 Å². The standard InChI is InChI=1S/C18H29N5O4S/c1-21(2)11-7-19-16(24)15-13-22-12-8-20-17(22)18(27-15)5-9-23(10-6-18)28(25,26)14-3-4-14/h8,12,14-15H,3-7,9-11,13H2,1-2H3,(H,19,24). The minimum Gasteiger partial charge on any atom is -0.352 e. The van der Waals surface area contributed by atoms with Crippen LogP contribution in [-0.2, 0) is 31.7 Å². The summed E-state index contributed by atoms with van der Waals surface area (Å²) in [6.07, 6.45) is 5.54. The zero-order valence-corrected chi connectivity index (χ0v) is 17.3. The van der Waals surface area contributed by atoms with Crippen LogP contribution >= 0.6 is 0 Å². The van der Waals surface area contributed by atoms with Gasteiger partial charge in [0, 0.05) is 38.6 Å². The fourth-order valence-electron chi connectivity index (χ4n) is 4.07. The van der Waals surface area contributed by atoms with Crippen LogP contribution < -0.4 is 5.32 Å². The Morgan fingerprint density at radius 3 is 2.71 bits per heavy atom. The molecule has 28 heavy (non-hydrogen) atoms. The van der Waals surface area contributed by atoms with Crippen molar-refractivity contribution in [3.05, 3.63) is 18.2 Å². The Morgan fingerprint density at radius 1 is 1.36 bits per heavy atom. The number of ether oxygens (including phenoxy) is 1. The van der Waals surface area contributed by atoms with E-state index in [2.05, 4.69) is 10.3 Å². The largest absolute Gasteiger partial charge is 0.352 e. The molecule has 2 aliphatic heterocycles. The van der Waals surface area contributed by atoms with Gasteiger partial charge in [-0.05, 0) is 39.8 Å². The molecule has 0 bridgehead atoms. The lowest BCUT2D eigenvalue weighted by molar-refractivity contribution is -0.170. The molecule has 1 atom stereocenters. The van der Waals surface area contributed by atoms with E-state index in [0.717, 1.165) is 25.2 Å². The van der Waals surface area contributed by atoms with E-state index >= 15 is 0 Å². The van der Waals surface area contributed by atoms with Crippen molar-refractivity contribution in [2.24, 2.45) is 0 Å². The van der Waals surface area contributed by atoms with Gasteiger partial charge in [0.05, 0.1) is 11.8 Å². The molecular weight excluding hydrogens is 382 g/mol. The summed E-state index contributed by atoms with van der Waals surface area (Å²) in [5.74, 6) is 0.668. The molecule has 0 aromatic carbocycles. The summed E-state index contributed by atoms with van der Waals surface area (Å²) in [5.41, 5.74) is -0.707. The molecule has 1 aliphatic carbocycles. The zero-order valence-electron chi connectivity index (χ0n) is 16.5. The maximum Gasteiger partial charge on any atom is 0.251 e. The second-order valence-electron chi connectivity index (χ2n) is 8.24. The molecule has 2 fully saturated rings. The topological polar surface area (TPSA) is 96.8 Å². The number of imidazole rings is 1. The minimum atomic E-state index is -3.19. The number of amides is 1. The van der Waals surface area contributed by atoms with Crippen molar-refractivity contribution in [1.82, 2.24) is 24.1 Å². The highest BCUT2D eigenvalue weighted by Gasteiger charge is 2.50. The van der Waals surface area contributed by atoms with Gasteiger partial charge in [-0.1, -0.05) is 0 Å². The average Bonchev–Trinajstić information content (AvgIpc) is 3.41. The van der Waals surface area contributed by atoms with Crippen LogP contribution in [0, 0.1) is 0 Å². The molecule has 156 valence electrons. The van der Waals surface area contributed by atoms with Crippen LogP contribution in [0.4, 0.5) is 0 Å². The smallest absolute Gasteiger partial charge is 0.251 e. The number of hydrogen-bond acceptors (Lipinski definition) is 6. The van der Waals surface area contributed by atoms with E-state index in [-0.39, 0.29) is 11.2 Å². The molecular formula is C18H29N5O4S. The number of aromatic nitrogens is 2. The van der Waals surface area contributed by atoms with E-state index in [4.69, 9.17) is 4.74 Å². The van der Waals surface area contributed by atoms with Crippen LogP contribution in [-0.4, -0.2) is 84.7 Å². The van der Waals surface area contributed by atoms with Crippen LogP contribution in [0.2, 0.25) is 0 Å². The number of nitrogens with one attached hydrogen (secondary N) is 1. The first-order chi connectivity index (χ1) is 13.3. The number of sulfonamides is 1.